The quantitative estimate of drug-likeness (QED) is 0.834. The Morgan fingerprint density at radius 1 is 1.21 bits per heavy atom. The number of hydrogen-bond acceptors (Lipinski definition) is 3. The molecular formula is C13H29Cl2N3O. The van der Waals surface area contributed by atoms with Crippen molar-refractivity contribution in [1.82, 2.24) is 10.2 Å². The van der Waals surface area contributed by atoms with Crippen molar-refractivity contribution in [3.8, 4) is 0 Å². The molecule has 116 valence electrons. The second kappa shape index (κ2) is 8.30. The van der Waals surface area contributed by atoms with E-state index in [1.807, 2.05) is 14.1 Å². The number of hydrogen-bond donors (Lipinski definition) is 2. The maximum Gasteiger partial charge on any atom is 0.240 e. The molecule has 1 aliphatic rings. The fourth-order valence-electron chi connectivity index (χ4n) is 2.04. The van der Waals surface area contributed by atoms with Crippen molar-refractivity contribution in [2.45, 2.75) is 57.0 Å². The highest BCUT2D eigenvalue weighted by Crippen LogP contribution is 2.26. The van der Waals surface area contributed by atoms with Gasteiger partial charge in [-0.25, -0.2) is 0 Å². The largest absolute Gasteiger partial charge is 0.353 e. The Hall–Kier alpha value is -0.0300. The van der Waals surface area contributed by atoms with E-state index >= 15 is 0 Å². The van der Waals surface area contributed by atoms with E-state index in [1.54, 1.807) is 0 Å². The molecule has 0 bridgehead atoms. The second-order valence-corrected chi connectivity index (χ2v) is 6.11. The molecule has 0 aromatic heterocycles. The summed E-state index contributed by atoms with van der Waals surface area (Å²) in [7, 11) is 4.04. The van der Waals surface area contributed by atoms with Gasteiger partial charge in [0, 0.05) is 12.1 Å². The van der Waals surface area contributed by atoms with Crippen LogP contribution < -0.4 is 11.1 Å². The van der Waals surface area contributed by atoms with Crippen molar-refractivity contribution < 1.29 is 4.79 Å². The Labute approximate surface area is 129 Å². The summed E-state index contributed by atoms with van der Waals surface area (Å²) in [5.41, 5.74) is 5.52. The Balaban J connectivity index is 0. The van der Waals surface area contributed by atoms with Gasteiger partial charge >= 0.3 is 0 Å². The molecule has 1 saturated carbocycles. The Kier molecular flexibility index (Phi) is 9.29. The van der Waals surface area contributed by atoms with Crippen LogP contribution in [0.3, 0.4) is 0 Å². The third-order valence-electron chi connectivity index (χ3n) is 4.09. The lowest BCUT2D eigenvalue weighted by molar-refractivity contribution is -0.128. The van der Waals surface area contributed by atoms with Crippen molar-refractivity contribution >= 4 is 30.7 Å². The third kappa shape index (κ3) is 5.86. The lowest BCUT2D eigenvalue weighted by atomic mass is 9.82. The van der Waals surface area contributed by atoms with Crippen LogP contribution in [0.25, 0.3) is 0 Å². The van der Waals surface area contributed by atoms with Gasteiger partial charge in [-0.15, -0.1) is 24.8 Å². The van der Waals surface area contributed by atoms with E-state index < -0.39 is 5.54 Å². The molecule has 4 nitrogen and oxygen atoms in total. The smallest absolute Gasteiger partial charge is 0.240 e. The first kappa shape index (κ1) is 21.3. The highest BCUT2D eigenvalue weighted by atomic mass is 35.5. The van der Waals surface area contributed by atoms with Gasteiger partial charge in [0.15, 0.2) is 0 Å². The second-order valence-electron chi connectivity index (χ2n) is 6.11. The molecule has 1 aliphatic carbocycles. The number of likely N-dealkylation sites (N-methyl/N-ethyl adjacent to an activating group) is 1. The molecule has 6 heteroatoms. The minimum Gasteiger partial charge on any atom is -0.353 e. The molecule has 0 spiro atoms. The number of carbonyl (C=O) groups excluding carboxylic acids is 1. The predicted octanol–water partition coefficient (Wildman–Crippen LogP) is 1.95. The first-order valence-corrected chi connectivity index (χ1v) is 6.53. The summed E-state index contributed by atoms with van der Waals surface area (Å²) >= 11 is 0. The molecule has 1 rings (SSSR count). The Morgan fingerprint density at radius 3 is 2.11 bits per heavy atom. The van der Waals surface area contributed by atoms with Crippen molar-refractivity contribution in [3.63, 3.8) is 0 Å². The van der Waals surface area contributed by atoms with Gasteiger partial charge in [-0.05, 0) is 40.8 Å². The zero-order valence-electron chi connectivity index (χ0n) is 12.5. The van der Waals surface area contributed by atoms with Crippen LogP contribution in [-0.4, -0.2) is 42.5 Å². The number of rotatable bonds is 4. The van der Waals surface area contributed by atoms with Crippen LogP contribution in [0, 0.1) is 0 Å². The van der Waals surface area contributed by atoms with Gasteiger partial charge in [0.1, 0.15) is 0 Å². The highest BCUT2D eigenvalue weighted by molar-refractivity contribution is 5.86. The lowest BCUT2D eigenvalue weighted by Crippen LogP contribution is -2.58. The van der Waals surface area contributed by atoms with Crippen LogP contribution in [0.15, 0.2) is 0 Å². The maximum absolute atomic E-state index is 12.1. The van der Waals surface area contributed by atoms with Gasteiger partial charge in [0.25, 0.3) is 0 Å². The molecule has 1 amide bonds. The summed E-state index contributed by atoms with van der Waals surface area (Å²) < 4.78 is 0. The number of carbonyl (C=O) groups is 1. The first-order valence-electron chi connectivity index (χ1n) is 6.53. The topological polar surface area (TPSA) is 58.4 Å². The number of nitrogens with one attached hydrogen (secondary N) is 1. The summed E-state index contributed by atoms with van der Waals surface area (Å²) in [6, 6.07) is 0. The van der Waals surface area contributed by atoms with E-state index in [4.69, 9.17) is 5.73 Å². The summed E-state index contributed by atoms with van der Waals surface area (Å²) in [5.74, 6) is 0.0205. The van der Waals surface area contributed by atoms with Gasteiger partial charge in [-0.3, -0.25) is 4.79 Å². The number of halogens is 2. The number of nitrogens with two attached hydrogens (primary N) is 1. The van der Waals surface area contributed by atoms with Crippen molar-refractivity contribution in [3.05, 3.63) is 0 Å². The van der Waals surface area contributed by atoms with E-state index in [2.05, 4.69) is 24.1 Å². The molecule has 3 N–H and O–H groups in total. The zero-order valence-corrected chi connectivity index (χ0v) is 14.1. The summed E-state index contributed by atoms with van der Waals surface area (Å²) in [4.78, 5) is 14.2. The average molecular weight is 314 g/mol. The van der Waals surface area contributed by atoms with Crippen LogP contribution >= 0.6 is 24.8 Å². The summed E-state index contributed by atoms with van der Waals surface area (Å²) in [6.45, 7) is 4.85. The zero-order chi connectivity index (χ0) is 13.1. The first-order chi connectivity index (χ1) is 7.78. The van der Waals surface area contributed by atoms with Crippen LogP contribution in [0.5, 0.6) is 0 Å². The molecule has 0 aromatic rings. The Morgan fingerprint density at radius 2 is 1.68 bits per heavy atom. The van der Waals surface area contributed by atoms with Crippen LogP contribution in [0.2, 0.25) is 0 Å². The third-order valence-corrected chi connectivity index (χ3v) is 4.09. The van der Waals surface area contributed by atoms with Crippen LogP contribution in [0.4, 0.5) is 0 Å². The van der Waals surface area contributed by atoms with Gasteiger partial charge in [-0.2, -0.15) is 0 Å². The van der Waals surface area contributed by atoms with E-state index in [-0.39, 0.29) is 36.3 Å². The van der Waals surface area contributed by atoms with Crippen LogP contribution in [0.1, 0.15) is 46.0 Å². The molecule has 0 aromatic carbocycles. The SMILES string of the molecule is CN(C)C(C)(C)CNC(=O)C1(N)CCCCC1.Cl.Cl. The van der Waals surface area contributed by atoms with Gasteiger partial charge < -0.3 is 16.0 Å². The molecule has 0 saturated heterocycles. The minimum atomic E-state index is -0.624. The molecule has 1 fully saturated rings. The van der Waals surface area contributed by atoms with Crippen molar-refractivity contribution in [2.24, 2.45) is 5.73 Å². The van der Waals surface area contributed by atoms with Gasteiger partial charge in [-0.1, -0.05) is 19.3 Å². The van der Waals surface area contributed by atoms with Crippen molar-refractivity contribution in [2.75, 3.05) is 20.6 Å². The minimum absolute atomic E-state index is 0. The van der Waals surface area contributed by atoms with Gasteiger partial charge in [0.05, 0.1) is 5.54 Å². The normalized spacial score (nSPS) is 18.2. The highest BCUT2D eigenvalue weighted by Gasteiger charge is 2.36. The van der Waals surface area contributed by atoms with E-state index in [1.165, 1.54) is 6.42 Å². The number of nitrogens with zero attached hydrogens (tertiary/aromatic N) is 1. The van der Waals surface area contributed by atoms with Crippen LogP contribution in [-0.2, 0) is 4.79 Å². The molecule has 0 radical (unpaired) electrons. The van der Waals surface area contributed by atoms with E-state index in [0.717, 1.165) is 25.7 Å². The average Bonchev–Trinajstić information content (AvgIpc) is 2.26. The predicted molar refractivity (Wildman–Crippen MR) is 85.3 cm³/mol. The fourth-order valence-corrected chi connectivity index (χ4v) is 2.04. The summed E-state index contributed by atoms with van der Waals surface area (Å²) in [5, 5.41) is 3.01. The maximum atomic E-state index is 12.1. The van der Waals surface area contributed by atoms with Gasteiger partial charge in [0.2, 0.25) is 5.91 Å². The van der Waals surface area contributed by atoms with Crippen molar-refractivity contribution in [1.29, 1.82) is 0 Å². The number of amides is 1. The van der Waals surface area contributed by atoms with E-state index in [9.17, 15) is 4.79 Å². The lowest BCUT2D eigenvalue weighted by Gasteiger charge is -2.36. The standard InChI is InChI=1S/C13H27N3O.2ClH/c1-12(2,16(3)4)10-15-11(17)13(14)8-6-5-7-9-13;;/h5-10,14H2,1-4H3,(H,15,17);2*1H. The monoisotopic (exact) mass is 313 g/mol. The Bertz CT molecular complexity index is 277. The molecule has 0 atom stereocenters. The van der Waals surface area contributed by atoms with E-state index in [0.29, 0.717) is 6.54 Å². The summed E-state index contributed by atoms with van der Waals surface area (Å²) in [6.07, 6.45) is 4.99. The molecule has 0 aliphatic heterocycles. The molecule has 0 unspecified atom stereocenters. The fraction of sp³-hybridized carbons (Fsp3) is 0.923. The molecule has 19 heavy (non-hydrogen) atoms. The molecular weight excluding hydrogens is 285 g/mol. The molecule has 0 heterocycles.